The van der Waals surface area contributed by atoms with E-state index in [9.17, 15) is 0 Å². The normalized spacial score (nSPS) is 14.1. The molecule has 1 aliphatic carbocycles. The quantitative estimate of drug-likeness (QED) is 0.838. The first-order valence-corrected chi connectivity index (χ1v) is 5.96. The fourth-order valence-electron chi connectivity index (χ4n) is 1.87. The van der Waals surface area contributed by atoms with Crippen molar-refractivity contribution in [1.29, 1.82) is 0 Å². The molecular formula is C12H12N2S. The monoisotopic (exact) mass is 216 g/mol. The molecule has 2 heterocycles. The van der Waals surface area contributed by atoms with Gasteiger partial charge in [-0.3, -0.25) is 0 Å². The molecule has 1 N–H and O–H groups in total. The number of rotatable bonds is 3. The predicted octanol–water partition coefficient (Wildman–Crippen LogP) is 3.16. The standard InChI is InChI=1S/C12H12N2S/c1-8-6-15-11(12(8)9-2-3-9)4-10-5-13-7-14-10/h2,5-7H,3-4H2,1H3,(H,13,14). The number of H-pyrrole nitrogens is 1. The molecule has 1 aliphatic rings. The Hall–Kier alpha value is -1.35. The number of hydrogen-bond acceptors (Lipinski definition) is 2. The average molecular weight is 216 g/mol. The zero-order valence-corrected chi connectivity index (χ0v) is 9.40. The highest BCUT2D eigenvalue weighted by molar-refractivity contribution is 7.10. The molecule has 0 saturated carbocycles. The van der Waals surface area contributed by atoms with Crippen LogP contribution in [0.1, 0.15) is 28.1 Å². The van der Waals surface area contributed by atoms with E-state index in [1.54, 1.807) is 6.33 Å². The maximum absolute atomic E-state index is 4.05. The first-order valence-electron chi connectivity index (χ1n) is 5.08. The summed E-state index contributed by atoms with van der Waals surface area (Å²) in [6.45, 7) is 2.20. The van der Waals surface area contributed by atoms with E-state index in [1.807, 2.05) is 17.5 Å². The molecule has 2 aromatic heterocycles. The third-order valence-corrected chi connectivity index (χ3v) is 3.79. The fourth-order valence-corrected chi connectivity index (χ4v) is 2.95. The van der Waals surface area contributed by atoms with Gasteiger partial charge in [0, 0.05) is 23.2 Å². The van der Waals surface area contributed by atoms with Crippen LogP contribution >= 0.6 is 11.3 Å². The van der Waals surface area contributed by atoms with Crippen molar-refractivity contribution in [1.82, 2.24) is 9.97 Å². The van der Waals surface area contributed by atoms with E-state index >= 15 is 0 Å². The van der Waals surface area contributed by atoms with Gasteiger partial charge in [0.05, 0.1) is 6.33 Å². The topological polar surface area (TPSA) is 28.7 Å². The minimum absolute atomic E-state index is 0.977. The van der Waals surface area contributed by atoms with Crippen molar-refractivity contribution in [3.63, 3.8) is 0 Å². The van der Waals surface area contributed by atoms with Gasteiger partial charge in [0.1, 0.15) is 0 Å². The van der Waals surface area contributed by atoms with Crippen LogP contribution in [-0.2, 0) is 6.42 Å². The van der Waals surface area contributed by atoms with Crippen molar-refractivity contribution in [2.75, 3.05) is 0 Å². The van der Waals surface area contributed by atoms with Gasteiger partial charge in [-0.25, -0.2) is 4.98 Å². The van der Waals surface area contributed by atoms with Gasteiger partial charge in [0.15, 0.2) is 0 Å². The Morgan fingerprint density at radius 1 is 1.53 bits per heavy atom. The molecular weight excluding hydrogens is 204 g/mol. The summed E-state index contributed by atoms with van der Waals surface area (Å²) in [5, 5.41) is 2.25. The Morgan fingerprint density at radius 2 is 2.40 bits per heavy atom. The molecule has 3 rings (SSSR count). The lowest BCUT2D eigenvalue weighted by Gasteiger charge is -2.00. The van der Waals surface area contributed by atoms with E-state index in [4.69, 9.17) is 0 Å². The van der Waals surface area contributed by atoms with Crippen molar-refractivity contribution in [3.05, 3.63) is 45.7 Å². The third kappa shape index (κ3) is 1.63. The van der Waals surface area contributed by atoms with Crippen LogP contribution in [-0.4, -0.2) is 9.97 Å². The van der Waals surface area contributed by atoms with Crippen molar-refractivity contribution >= 4 is 16.9 Å². The highest BCUT2D eigenvalue weighted by atomic mass is 32.1. The number of imidazole rings is 1. The van der Waals surface area contributed by atoms with E-state index in [0.29, 0.717) is 0 Å². The van der Waals surface area contributed by atoms with Gasteiger partial charge in [-0.1, -0.05) is 6.08 Å². The number of thiophene rings is 1. The van der Waals surface area contributed by atoms with Crippen molar-refractivity contribution in [2.24, 2.45) is 0 Å². The molecule has 0 aromatic carbocycles. The molecule has 0 unspecified atom stereocenters. The number of nitrogens with one attached hydrogen (secondary N) is 1. The van der Waals surface area contributed by atoms with Crippen molar-refractivity contribution in [3.8, 4) is 0 Å². The van der Waals surface area contributed by atoms with Gasteiger partial charge < -0.3 is 4.98 Å². The lowest BCUT2D eigenvalue weighted by molar-refractivity contribution is 1.13. The molecule has 0 radical (unpaired) electrons. The number of aromatic nitrogens is 2. The third-order valence-electron chi connectivity index (χ3n) is 2.69. The van der Waals surface area contributed by atoms with Gasteiger partial charge in [-0.2, -0.15) is 0 Å². The van der Waals surface area contributed by atoms with E-state index in [-0.39, 0.29) is 0 Å². The Labute approximate surface area is 92.7 Å². The highest BCUT2D eigenvalue weighted by Crippen LogP contribution is 2.39. The number of allylic oxidation sites excluding steroid dienone is 2. The van der Waals surface area contributed by atoms with Crippen LogP contribution in [0.5, 0.6) is 0 Å². The van der Waals surface area contributed by atoms with Crippen LogP contribution in [0.25, 0.3) is 5.57 Å². The van der Waals surface area contributed by atoms with Gasteiger partial charge in [0.2, 0.25) is 0 Å². The van der Waals surface area contributed by atoms with Crippen LogP contribution < -0.4 is 0 Å². The van der Waals surface area contributed by atoms with E-state index in [1.165, 1.54) is 33.7 Å². The minimum atomic E-state index is 0.977. The first kappa shape index (κ1) is 8.92. The van der Waals surface area contributed by atoms with E-state index in [2.05, 4.69) is 28.3 Å². The number of aryl methyl sites for hydroxylation is 1. The smallest absolute Gasteiger partial charge is 0.0921 e. The largest absolute Gasteiger partial charge is 0.348 e. The molecule has 2 aromatic rings. The van der Waals surface area contributed by atoms with E-state index in [0.717, 1.165) is 6.42 Å². The minimum Gasteiger partial charge on any atom is -0.348 e. The van der Waals surface area contributed by atoms with Gasteiger partial charge in [-0.15, -0.1) is 11.3 Å². The summed E-state index contributed by atoms with van der Waals surface area (Å²) in [7, 11) is 0. The number of aromatic amines is 1. The van der Waals surface area contributed by atoms with Crippen LogP contribution in [0.15, 0.2) is 24.0 Å². The molecule has 0 bridgehead atoms. The van der Waals surface area contributed by atoms with Gasteiger partial charge in [0.25, 0.3) is 0 Å². The van der Waals surface area contributed by atoms with Crippen LogP contribution in [0.2, 0.25) is 0 Å². The Bertz CT molecular complexity index is 506. The van der Waals surface area contributed by atoms with Crippen molar-refractivity contribution < 1.29 is 0 Å². The van der Waals surface area contributed by atoms with Gasteiger partial charge in [-0.05, 0) is 35.4 Å². The first-order chi connectivity index (χ1) is 7.34. The highest BCUT2D eigenvalue weighted by Gasteiger charge is 2.18. The molecule has 2 nitrogen and oxygen atoms in total. The summed E-state index contributed by atoms with van der Waals surface area (Å²) >= 11 is 1.85. The Morgan fingerprint density at radius 3 is 3.07 bits per heavy atom. The molecule has 0 atom stereocenters. The second-order valence-corrected chi connectivity index (χ2v) is 4.87. The summed E-state index contributed by atoms with van der Waals surface area (Å²) in [5.41, 5.74) is 5.61. The lowest BCUT2D eigenvalue weighted by Crippen LogP contribution is -1.88. The average Bonchev–Trinajstić information content (AvgIpc) is 2.80. The Kier molecular flexibility index (Phi) is 1.99. The predicted molar refractivity (Wildman–Crippen MR) is 63.0 cm³/mol. The summed E-state index contributed by atoms with van der Waals surface area (Å²) in [4.78, 5) is 8.67. The SMILES string of the molecule is Cc1csc(Cc2cnc[nH]2)c1C1=CC1. The second-order valence-electron chi connectivity index (χ2n) is 3.90. The molecule has 0 spiro atoms. The molecule has 0 amide bonds. The lowest BCUT2D eigenvalue weighted by atomic mass is 10.1. The van der Waals surface area contributed by atoms with Crippen molar-refractivity contribution in [2.45, 2.75) is 19.8 Å². The maximum atomic E-state index is 4.05. The molecule has 3 heteroatoms. The van der Waals surface area contributed by atoms with Crippen LogP contribution in [0.3, 0.4) is 0 Å². The summed E-state index contributed by atoms with van der Waals surface area (Å²) < 4.78 is 0. The molecule has 0 aliphatic heterocycles. The molecule has 0 fully saturated rings. The van der Waals surface area contributed by atoms with Crippen LogP contribution in [0, 0.1) is 6.92 Å². The zero-order chi connectivity index (χ0) is 10.3. The summed E-state index contributed by atoms with van der Waals surface area (Å²) in [5.74, 6) is 0. The van der Waals surface area contributed by atoms with Crippen LogP contribution in [0.4, 0.5) is 0 Å². The Balaban J connectivity index is 1.95. The zero-order valence-electron chi connectivity index (χ0n) is 8.58. The van der Waals surface area contributed by atoms with E-state index < -0.39 is 0 Å². The molecule has 0 saturated heterocycles. The summed E-state index contributed by atoms with van der Waals surface area (Å²) in [6.07, 6.45) is 8.09. The number of nitrogens with zero attached hydrogens (tertiary/aromatic N) is 1. The number of hydrogen-bond donors (Lipinski definition) is 1. The molecule has 76 valence electrons. The van der Waals surface area contributed by atoms with Gasteiger partial charge >= 0.3 is 0 Å². The summed E-state index contributed by atoms with van der Waals surface area (Å²) in [6, 6.07) is 0. The molecule has 15 heavy (non-hydrogen) atoms. The fraction of sp³-hybridized carbons (Fsp3) is 0.250. The second kappa shape index (κ2) is 3.35. The maximum Gasteiger partial charge on any atom is 0.0921 e.